The smallest absolute Gasteiger partial charge is 0.224 e. The molecule has 2 aliphatic rings. The van der Waals surface area contributed by atoms with Crippen LogP contribution in [0.25, 0.3) is 0 Å². The third-order valence-electron chi connectivity index (χ3n) is 6.60. The molecule has 33 heavy (non-hydrogen) atoms. The van der Waals surface area contributed by atoms with Gasteiger partial charge < -0.3 is 15.1 Å². The summed E-state index contributed by atoms with van der Waals surface area (Å²) in [6, 6.07) is 15.7. The molecule has 176 valence electrons. The summed E-state index contributed by atoms with van der Waals surface area (Å²) in [5, 5.41) is 2.89. The van der Waals surface area contributed by atoms with Crippen LogP contribution in [0.5, 0.6) is 0 Å². The van der Waals surface area contributed by atoms with Crippen molar-refractivity contribution < 1.29 is 9.59 Å². The second-order valence-electron chi connectivity index (χ2n) is 9.09. The van der Waals surface area contributed by atoms with Gasteiger partial charge in [-0.05, 0) is 36.5 Å². The Morgan fingerprint density at radius 2 is 1.76 bits per heavy atom. The Balaban J connectivity index is 1.15. The molecule has 2 aliphatic heterocycles. The molecule has 3 heterocycles. The molecule has 2 saturated heterocycles. The van der Waals surface area contributed by atoms with Gasteiger partial charge in [-0.3, -0.25) is 14.5 Å². The van der Waals surface area contributed by atoms with Crippen LogP contribution in [0.2, 0.25) is 0 Å². The van der Waals surface area contributed by atoms with Crippen molar-refractivity contribution in [2.45, 2.75) is 25.7 Å². The van der Waals surface area contributed by atoms with Gasteiger partial charge in [0, 0.05) is 65.0 Å². The molecule has 1 N–H and O–H groups in total. The van der Waals surface area contributed by atoms with Crippen LogP contribution in [0.1, 0.15) is 24.8 Å². The Hall–Kier alpha value is -2.93. The maximum Gasteiger partial charge on any atom is 0.224 e. The second-order valence-corrected chi connectivity index (χ2v) is 9.09. The highest BCUT2D eigenvalue weighted by molar-refractivity contribution is 5.80. The molecular weight excluding hydrogens is 414 g/mol. The maximum atomic E-state index is 12.7. The number of anilines is 1. The number of hydrogen-bond acceptors (Lipinski definition) is 5. The number of piperidine rings is 1. The summed E-state index contributed by atoms with van der Waals surface area (Å²) >= 11 is 0. The summed E-state index contributed by atoms with van der Waals surface area (Å²) in [6.45, 7) is 7.18. The highest BCUT2D eigenvalue weighted by Gasteiger charge is 2.26. The van der Waals surface area contributed by atoms with E-state index in [2.05, 4.69) is 26.2 Å². The number of amides is 2. The summed E-state index contributed by atoms with van der Waals surface area (Å²) in [5.74, 6) is 1.70. The average Bonchev–Trinajstić information content (AvgIpc) is 2.86. The SMILES string of the molecule is O=C(Cc1ccccc1)NCCC(=O)N1CCCC(CN2CCN(c3ccccn3)CC2)C1. The lowest BCUT2D eigenvalue weighted by atomic mass is 9.96. The zero-order valence-corrected chi connectivity index (χ0v) is 19.4. The van der Waals surface area contributed by atoms with Gasteiger partial charge in [-0.2, -0.15) is 0 Å². The van der Waals surface area contributed by atoms with Gasteiger partial charge in [-0.25, -0.2) is 4.98 Å². The number of benzene rings is 1. The third kappa shape index (κ3) is 7.02. The Kier molecular flexibility index (Phi) is 8.30. The normalized spacial score (nSPS) is 19.3. The van der Waals surface area contributed by atoms with Crippen LogP contribution >= 0.6 is 0 Å². The molecule has 7 nitrogen and oxygen atoms in total. The first-order chi connectivity index (χ1) is 16.2. The number of carbonyl (C=O) groups excluding carboxylic acids is 2. The standard InChI is InChI=1S/C26H35N5O2/c32-25(19-22-7-2-1-3-8-22)28-13-11-26(33)31-14-6-9-23(21-31)20-29-15-17-30(18-16-29)24-10-4-5-12-27-24/h1-5,7-8,10,12,23H,6,9,11,13-21H2,(H,28,32). The lowest BCUT2D eigenvalue weighted by Crippen LogP contribution is -2.50. The van der Waals surface area contributed by atoms with E-state index in [1.165, 1.54) is 6.42 Å². The molecule has 2 amide bonds. The number of aromatic nitrogens is 1. The summed E-state index contributed by atoms with van der Waals surface area (Å²) in [4.78, 5) is 36.2. The number of carbonyl (C=O) groups is 2. The van der Waals surface area contributed by atoms with Crippen LogP contribution in [0.3, 0.4) is 0 Å². The van der Waals surface area contributed by atoms with E-state index in [0.29, 0.717) is 25.3 Å². The Bertz CT molecular complexity index is 884. The molecule has 2 fully saturated rings. The number of likely N-dealkylation sites (tertiary alicyclic amines) is 1. The fourth-order valence-electron chi connectivity index (χ4n) is 4.82. The molecule has 1 aromatic heterocycles. The maximum absolute atomic E-state index is 12.7. The van der Waals surface area contributed by atoms with E-state index in [4.69, 9.17) is 0 Å². The number of rotatable bonds is 8. The molecule has 0 saturated carbocycles. The minimum absolute atomic E-state index is 0.0321. The van der Waals surface area contributed by atoms with Gasteiger partial charge in [0.1, 0.15) is 5.82 Å². The number of nitrogens with zero attached hydrogens (tertiary/aromatic N) is 4. The number of hydrogen-bond donors (Lipinski definition) is 1. The highest BCUT2D eigenvalue weighted by atomic mass is 16.2. The highest BCUT2D eigenvalue weighted by Crippen LogP contribution is 2.20. The molecule has 7 heteroatoms. The summed E-state index contributed by atoms with van der Waals surface area (Å²) < 4.78 is 0. The summed E-state index contributed by atoms with van der Waals surface area (Å²) in [6.07, 6.45) is 4.82. The Morgan fingerprint density at radius 3 is 2.52 bits per heavy atom. The number of piperazine rings is 1. The van der Waals surface area contributed by atoms with Gasteiger partial charge in [0.05, 0.1) is 6.42 Å². The molecule has 0 aliphatic carbocycles. The predicted octanol–water partition coefficient (Wildman–Crippen LogP) is 2.19. The zero-order chi connectivity index (χ0) is 22.9. The van der Waals surface area contributed by atoms with E-state index in [1.807, 2.05) is 53.6 Å². The molecule has 1 unspecified atom stereocenters. The van der Waals surface area contributed by atoms with Crippen molar-refractivity contribution in [3.63, 3.8) is 0 Å². The minimum atomic E-state index is -0.0321. The molecule has 1 atom stereocenters. The van der Waals surface area contributed by atoms with E-state index in [0.717, 1.165) is 63.6 Å². The molecule has 4 rings (SSSR count). The van der Waals surface area contributed by atoms with Crippen molar-refractivity contribution in [1.82, 2.24) is 20.1 Å². The first-order valence-corrected chi connectivity index (χ1v) is 12.1. The van der Waals surface area contributed by atoms with Gasteiger partial charge in [0.2, 0.25) is 11.8 Å². The van der Waals surface area contributed by atoms with E-state index in [-0.39, 0.29) is 11.8 Å². The molecule has 0 radical (unpaired) electrons. The number of nitrogens with one attached hydrogen (secondary N) is 1. The fourth-order valence-corrected chi connectivity index (χ4v) is 4.82. The van der Waals surface area contributed by atoms with Gasteiger partial charge in [0.15, 0.2) is 0 Å². The van der Waals surface area contributed by atoms with Gasteiger partial charge >= 0.3 is 0 Å². The monoisotopic (exact) mass is 449 g/mol. The van der Waals surface area contributed by atoms with Crippen LogP contribution in [-0.2, 0) is 16.0 Å². The topological polar surface area (TPSA) is 68.8 Å². The van der Waals surface area contributed by atoms with E-state index in [9.17, 15) is 9.59 Å². The van der Waals surface area contributed by atoms with E-state index in [1.54, 1.807) is 0 Å². The second kappa shape index (κ2) is 11.8. The first-order valence-electron chi connectivity index (χ1n) is 12.1. The van der Waals surface area contributed by atoms with Crippen molar-refractivity contribution in [3.8, 4) is 0 Å². The van der Waals surface area contributed by atoms with Crippen LogP contribution in [0.15, 0.2) is 54.7 Å². The predicted molar refractivity (Wildman–Crippen MR) is 130 cm³/mol. The van der Waals surface area contributed by atoms with Gasteiger partial charge in [-0.1, -0.05) is 36.4 Å². The van der Waals surface area contributed by atoms with Crippen molar-refractivity contribution in [2.24, 2.45) is 5.92 Å². The Labute approximate surface area is 196 Å². The van der Waals surface area contributed by atoms with Gasteiger partial charge in [0.25, 0.3) is 0 Å². The quantitative estimate of drug-likeness (QED) is 0.669. The Morgan fingerprint density at radius 1 is 0.970 bits per heavy atom. The van der Waals surface area contributed by atoms with Crippen LogP contribution in [-0.4, -0.2) is 79.0 Å². The van der Waals surface area contributed by atoms with E-state index < -0.39 is 0 Å². The van der Waals surface area contributed by atoms with Gasteiger partial charge in [-0.15, -0.1) is 0 Å². The van der Waals surface area contributed by atoms with Crippen LogP contribution in [0.4, 0.5) is 5.82 Å². The summed E-state index contributed by atoms with van der Waals surface area (Å²) in [7, 11) is 0. The summed E-state index contributed by atoms with van der Waals surface area (Å²) in [5.41, 5.74) is 0.987. The molecule has 0 spiro atoms. The van der Waals surface area contributed by atoms with Crippen molar-refractivity contribution in [2.75, 3.05) is 57.3 Å². The van der Waals surface area contributed by atoms with Crippen LogP contribution in [0, 0.1) is 5.92 Å². The molecule has 0 bridgehead atoms. The average molecular weight is 450 g/mol. The van der Waals surface area contributed by atoms with Crippen molar-refractivity contribution >= 4 is 17.6 Å². The molecular formula is C26H35N5O2. The van der Waals surface area contributed by atoms with Crippen molar-refractivity contribution in [3.05, 3.63) is 60.3 Å². The fraction of sp³-hybridized carbons (Fsp3) is 0.500. The molecule has 1 aromatic carbocycles. The lowest BCUT2D eigenvalue weighted by molar-refractivity contribution is -0.133. The molecule has 2 aromatic rings. The first kappa shape index (κ1) is 23.2. The third-order valence-corrected chi connectivity index (χ3v) is 6.60. The largest absolute Gasteiger partial charge is 0.355 e. The minimum Gasteiger partial charge on any atom is -0.355 e. The van der Waals surface area contributed by atoms with Crippen molar-refractivity contribution in [1.29, 1.82) is 0 Å². The lowest BCUT2D eigenvalue weighted by Gasteiger charge is -2.39. The number of pyridine rings is 1. The zero-order valence-electron chi connectivity index (χ0n) is 19.4. The van der Waals surface area contributed by atoms with Crippen LogP contribution < -0.4 is 10.2 Å². The van der Waals surface area contributed by atoms with E-state index >= 15 is 0 Å².